The molecule has 0 saturated carbocycles. The number of nitrogens with one attached hydrogen (secondary N) is 1. The highest BCUT2D eigenvalue weighted by molar-refractivity contribution is 7.89. The molecular weight excluding hydrogens is 400 g/mol. The van der Waals surface area contributed by atoms with E-state index in [2.05, 4.69) is 9.71 Å². The van der Waals surface area contributed by atoms with Crippen LogP contribution in [0.2, 0.25) is 0 Å². The lowest BCUT2D eigenvalue weighted by Gasteiger charge is -2.05. The van der Waals surface area contributed by atoms with Gasteiger partial charge >= 0.3 is 5.97 Å². The monoisotopic (exact) mass is 418 g/mol. The molecule has 0 amide bonds. The molecule has 0 atom stereocenters. The standard InChI is InChI=1S/C19H18N2O5S2/c1-20-28(23,24)17-9-5-14(6-10-17)19(22)26-11-15-12-27-18(21-15)13-3-7-16(25-2)8-4-13/h3-10,12,20H,11H2,1-2H3. The Bertz CT molecular complexity index is 1060. The van der Waals surface area contributed by atoms with Gasteiger partial charge in [0.1, 0.15) is 17.4 Å². The van der Waals surface area contributed by atoms with Gasteiger partial charge in [-0.15, -0.1) is 11.3 Å². The van der Waals surface area contributed by atoms with Gasteiger partial charge in [-0.2, -0.15) is 0 Å². The third-order valence-electron chi connectivity index (χ3n) is 3.91. The van der Waals surface area contributed by atoms with E-state index in [0.717, 1.165) is 16.3 Å². The van der Waals surface area contributed by atoms with Crippen molar-refractivity contribution < 1.29 is 22.7 Å². The van der Waals surface area contributed by atoms with Crippen LogP contribution in [0.25, 0.3) is 10.6 Å². The van der Waals surface area contributed by atoms with Crippen molar-refractivity contribution in [2.75, 3.05) is 14.2 Å². The Labute approximate surface area is 167 Å². The van der Waals surface area contributed by atoms with E-state index < -0.39 is 16.0 Å². The maximum atomic E-state index is 12.2. The fourth-order valence-corrected chi connectivity index (χ4v) is 3.89. The second-order valence-corrected chi connectivity index (χ2v) is 8.43. The van der Waals surface area contributed by atoms with Gasteiger partial charge in [0, 0.05) is 10.9 Å². The maximum absolute atomic E-state index is 12.2. The summed E-state index contributed by atoms with van der Waals surface area (Å²) in [7, 11) is -0.609. The fourth-order valence-electron chi connectivity index (χ4n) is 2.35. The lowest BCUT2D eigenvalue weighted by atomic mass is 10.2. The summed E-state index contributed by atoms with van der Waals surface area (Å²) < 4.78 is 36.0. The average molecular weight is 418 g/mol. The molecule has 1 aromatic heterocycles. The molecule has 1 N–H and O–H groups in total. The van der Waals surface area contributed by atoms with Crippen LogP contribution in [-0.2, 0) is 21.4 Å². The van der Waals surface area contributed by atoms with Crippen molar-refractivity contribution in [3.05, 3.63) is 65.2 Å². The molecule has 2 aromatic carbocycles. The van der Waals surface area contributed by atoms with E-state index in [9.17, 15) is 13.2 Å². The van der Waals surface area contributed by atoms with Gasteiger partial charge in [0.05, 0.1) is 23.3 Å². The molecule has 0 unspecified atom stereocenters. The molecule has 0 saturated heterocycles. The number of carbonyl (C=O) groups is 1. The molecule has 28 heavy (non-hydrogen) atoms. The van der Waals surface area contributed by atoms with Gasteiger partial charge in [0.15, 0.2) is 0 Å². The highest BCUT2D eigenvalue weighted by Gasteiger charge is 2.14. The number of nitrogens with zero attached hydrogens (tertiary/aromatic N) is 1. The van der Waals surface area contributed by atoms with Crippen LogP contribution in [0.4, 0.5) is 0 Å². The molecule has 0 aliphatic rings. The summed E-state index contributed by atoms with van der Waals surface area (Å²) in [4.78, 5) is 16.7. The second kappa shape index (κ2) is 8.51. The molecule has 1 heterocycles. The largest absolute Gasteiger partial charge is 0.497 e. The Morgan fingerprint density at radius 3 is 2.39 bits per heavy atom. The van der Waals surface area contributed by atoms with Crippen molar-refractivity contribution in [1.82, 2.24) is 9.71 Å². The first kappa shape index (κ1) is 20.0. The van der Waals surface area contributed by atoms with Crippen molar-refractivity contribution in [3.8, 4) is 16.3 Å². The van der Waals surface area contributed by atoms with Gasteiger partial charge in [-0.25, -0.2) is 22.9 Å². The van der Waals surface area contributed by atoms with E-state index in [1.54, 1.807) is 7.11 Å². The van der Waals surface area contributed by atoms with Crippen molar-refractivity contribution in [2.45, 2.75) is 11.5 Å². The number of ether oxygens (including phenoxy) is 2. The molecule has 146 valence electrons. The van der Waals surface area contributed by atoms with E-state index in [-0.39, 0.29) is 17.1 Å². The SMILES string of the molecule is CNS(=O)(=O)c1ccc(C(=O)OCc2csc(-c3ccc(OC)cc3)n2)cc1. The van der Waals surface area contributed by atoms with Crippen LogP contribution in [0, 0.1) is 0 Å². The molecule has 0 aliphatic heterocycles. The number of esters is 1. The summed E-state index contributed by atoms with van der Waals surface area (Å²) in [6, 6.07) is 13.1. The minimum atomic E-state index is -3.54. The minimum Gasteiger partial charge on any atom is -0.497 e. The number of rotatable bonds is 7. The molecule has 0 aliphatic carbocycles. The van der Waals surface area contributed by atoms with Gasteiger partial charge in [-0.1, -0.05) is 0 Å². The third-order valence-corrected chi connectivity index (χ3v) is 6.28. The average Bonchev–Trinajstić information content (AvgIpc) is 3.21. The molecule has 9 heteroatoms. The summed E-state index contributed by atoms with van der Waals surface area (Å²) in [6.45, 7) is 0.0298. The second-order valence-electron chi connectivity index (χ2n) is 5.68. The van der Waals surface area contributed by atoms with Crippen LogP contribution in [-0.4, -0.2) is 33.5 Å². The van der Waals surface area contributed by atoms with Crippen molar-refractivity contribution in [3.63, 3.8) is 0 Å². The quantitative estimate of drug-likeness (QED) is 0.593. The topological polar surface area (TPSA) is 94.6 Å². The molecule has 7 nitrogen and oxygen atoms in total. The predicted octanol–water partition coefficient (Wildman–Crippen LogP) is 3.08. The molecule has 0 fully saturated rings. The highest BCUT2D eigenvalue weighted by Crippen LogP contribution is 2.26. The summed E-state index contributed by atoms with van der Waals surface area (Å²) in [5, 5.41) is 2.64. The lowest BCUT2D eigenvalue weighted by Crippen LogP contribution is -2.18. The zero-order valence-corrected chi connectivity index (χ0v) is 16.8. The molecular formula is C19H18N2O5S2. The Morgan fingerprint density at radius 1 is 1.11 bits per heavy atom. The van der Waals surface area contributed by atoms with Crippen LogP contribution < -0.4 is 9.46 Å². The normalized spacial score (nSPS) is 11.2. The number of hydrogen-bond acceptors (Lipinski definition) is 7. The van der Waals surface area contributed by atoms with Crippen LogP contribution in [0.1, 0.15) is 16.1 Å². The molecule has 3 aromatic rings. The first-order chi connectivity index (χ1) is 13.4. The molecule has 0 spiro atoms. The van der Waals surface area contributed by atoms with Crippen molar-refractivity contribution >= 4 is 27.3 Å². The number of hydrogen-bond donors (Lipinski definition) is 1. The number of thiazole rings is 1. The number of aromatic nitrogens is 1. The zero-order chi connectivity index (χ0) is 20.1. The van der Waals surface area contributed by atoms with Gasteiger partial charge < -0.3 is 9.47 Å². The summed E-state index contributed by atoms with van der Waals surface area (Å²) in [5.41, 5.74) is 1.85. The van der Waals surface area contributed by atoms with Gasteiger partial charge in [-0.05, 0) is 55.6 Å². The first-order valence-corrected chi connectivity index (χ1v) is 10.6. The van der Waals surface area contributed by atoms with E-state index >= 15 is 0 Å². The van der Waals surface area contributed by atoms with Crippen LogP contribution in [0.5, 0.6) is 5.75 Å². The number of methoxy groups -OCH3 is 1. The highest BCUT2D eigenvalue weighted by atomic mass is 32.2. The van der Waals surface area contributed by atoms with Gasteiger partial charge in [0.25, 0.3) is 0 Å². The lowest BCUT2D eigenvalue weighted by molar-refractivity contribution is 0.0468. The van der Waals surface area contributed by atoms with E-state index in [1.165, 1.54) is 42.6 Å². The number of benzene rings is 2. The van der Waals surface area contributed by atoms with Crippen LogP contribution >= 0.6 is 11.3 Å². The van der Waals surface area contributed by atoms with Crippen LogP contribution in [0.3, 0.4) is 0 Å². The third kappa shape index (κ3) is 4.56. The molecule has 3 rings (SSSR count). The van der Waals surface area contributed by atoms with E-state index in [0.29, 0.717) is 5.69 Å². The van der Waals surface area contributed by atoms with Gasteiger partial charge in [0.2, 0.25) is 10.0 Å². The smallest absolute Gasteiger partial charge is 0.338 e. The summed E-state index contributed by atoms with van der Waals surface area (Å²) >= 11 is 1.45. The Balaban J connectivity index is 1.62. The number of carbonyl (C=O) groups excluding carboxylic acids is 1. The molecule has 0 radical (unpaired) electrons. The Hall–Kier alpha value is -2.75. The Morgan fingerprint density at radius 2 is 1.79 bits per heavy atom. The first-order valence-electron chi connectivity index (χ1n) is 8.22. The van der Waals surface area contributed by atoms with Gasteiger partial charge in [-0.3, -0.25) is 0 Å². The fraction of sp³-hybridized carbons (Fsp3) is 0.158. The van der Waals surface area contributed by atoms with Crippen molar-refractivity contribution in [1.29, 1.82) is 0 Å². The van der Waals surface area contributed by atoms with E-state index in [4.69, 9.17) is 9.47 Å². The zero-order valence-electron chi connectivity index (χ0n) is 15.2. The minimum absolute atomic E-state index is 0.0298. The number of sulfonamides is 1. The van der Waals surface area contributed by atoms with Crippen LogP contribution in [0.15, 0.2) is 58.8 Å². The predicted molar refractivity (Wildman–Crippen MR) is 106 cm³/mol. The molecule has 0 bridgehead atoms. The maximum Gasteiger partial charge on any atom is 0.338 e. The van der Waals surface area contributed by atoms with Crippen molar-refractivity contribution in [2.24, 2.45) is 0 Å². The Kier molecular flexibility index (Phi) is 6.08. The summed E-state index contributed by atoms with van der Waals surface area (Å²) in [5.74, 6) is 0.218. The summed E-state index contributed by atoms with van der Waals surface area (Å²) in [6.07, 6.45) is 0. The van der Waals surface area contributed by atoms with E-state index in [1.807, 2.05) is 29.6 Å².